The van der Waals surface area contributed by atoms with Gasteiger partial charge >= 0.3 is 0 Å². The smallest absolute Gasteiger partial charge is 0.268 e. The van der Waals surface area contributed by atoms with Crippen molar-refractivity contribution in [2.75, 3.05) is 0 Å². The topological polar surface area (TPSA) is 76.0 Å². The molecular formula is C18H15ClN4O2. The van der Waals surface area contributed by atoms with Gasteiger partial charge < -0.3 is 0 Å². The van der Waals surface area contributed by atoms with Gasteiger partial charge in [0, 0.05) is 28.5 Å². The fraction of sp³-hybridized carbons (Fsp3) is 0.0556. The van der Waals surface area contributed by atoms with Gasteiger partial charge in [-0.25, -0.2) is 0 Å². The standard InChI is InChI=1S/C18H15ClN4O2/c19-16-4-1-3-15(11-16)18(25)22-21-17(24)14-7-5-13(6-8-14)12-23-10-2-9-20-23/h1-11H,12H2,(H,21,24)(H,22,25). The van der Waals surface area contributed by atoms with Crippen molar-refractivity contribution in [2.45, 2.75) is 6.54 Å². The van der Waals surface area contributed by atoms with Crippen LogP contribution in [0.1, 0.15) is 26.3 Å². The zero-order chi connectivity index (χ0) is 17.6. The third kappa shape index (κ3) is 4.45. The van der Waals surface area contributed by atoms with E-state index in [2.05, 4.69) is 16.0 Å². The zero-order valence-electron chi connectivity index (χ0n) is 13.1. The molecule has 0 bridgehead atoms. The van der Waals surface area contributed by atoms with Crippen LogP contribution in [0.4, 0.5) is 0 Å². The number of aromatic nitrogens is 2. The molecule has 7 heteroatoms. The molecule has 0 unspecified atom stereocenters. The monoisotopic (exact) mass is 354 g/mol. The van der Waals surface area contributed by atoms with Gasteiger partial charge in [-0.05, 0) is 42.0 Å². The molecule has 0 aliphatic rings. The van der Waals surface area contributed by atoms with Gasteiger partial charge in [-0.1, -0.05) is 29.8 Å². The maximum atomic E-state index is 12.1. The normalized spacial score (nSPS) is 10.3. The Bertz CT molecular complexity index is 876. The summed E-state index contributed by atoms with van der Waals surface area (Å²) in [5, 5.41) is 4.58. The van der Waals surface area contributed by atoms with Crippen molar-refractivity contribution in [3.05, 3.63) is 88.7 Å². The molecule has 0 spiro atoms. The van der Waals surface area contributed by atoms with Crippen LogP contribution in [0.5, 0.6) is 0 Å². The van der Waals surface area contributed by atoms with Crippen molar-refractivity contribution < 1.29 is 9.59 Å². The van der Waals surface area contributed by atoms with Crippen LogP contribution in [0.25, 0.3) is 0 Å². The van der Waals surface area contributed by atoms with Crippen molar-refractivity contribution >= 4 is 23.4 Å². The number of rotatable bonds is 4. The Labute approximate surface area is 149 Å². The van der Waals surface area contributed by atoms with E-state index in [1.54, 1.807) is 41.2 Å². The molecule has 25 heavy (non-hydrogen) atoms. The summed E-state index contributed by atoms with van der Waals surface area (Å²) in [5.74, 6) is -0.841. The molecule has 0 aliphatic carbocycles. The number of hydrogen-bond donors (Lipinski definition) is 2. The molecule has 3 aromatic rings. The molecule has 6 nitrogen and oxygen atoms in total. The minimum Gasteiger partial charge on any atom is -0.268 e. The molecule has 0 saturated carbocycles. The number of carbonyl (C=O) groups is 2. The lowest BCUT2D eigenvalue weighted by atomic mass is 10.1. The third-order valence-corrected chi connectivity index (χ3v) is 3.73. The highest BCUT2D eigenvalue weighted by molar-refractivity contribution is 6.30. The number of carbonyl (C=O) groups excluding carboxylic acids is 2. The second-order valence-corrected chi connectivity index (χ2v) is 5.76. The number of hydrogen-bond acceptors (Lipinski definition) is 3. The molecule has 126 valence electrons. The van der Waals surface area contributed by atoms with Gasteiger partial charge in [-0.3, -0.25) is 25.1 Å². The second kappa shape index (κ2) is 7.63. The Kier molecular flexibility index (Phi) is 5.11. The van der Waals surface area contributed by atoms with Gasteiger partial charge in [0.05, 0.1) is 6.54 Å². The molecule has 1 aromatic heterocycles. The lowest BCUT2D eigenvalue weighted by Crippen LogP contribution is -2.41. The summed E-state index contributed by atoms with van der Waals surface area (Å²) in [6, 6.07) is 15.4. The first-order valence-electron chi connectivity index (χ1n) is 7.54. The molecule has 2 amide bonds. The van der Waals surface area contributed by atoms with Gasteiger partial charge in [-0.15, -0.1) is 0 Å². The molecule has 0 fully saturated rings. The molecule has 2 aromatic carbocycles. The predicted molar refractivity (Wildman–Crippen MR) is 94.2 cm³/mol. The lowest BCUT2D eigenvalue weighted by molar-refractivity contribution is 0.0846. The van der Waals surface area contributed by atoms with Crippen LogP contribution < -0.4 is 10.9 Å². The van der Waals surface area contributed by atoms with Crippen LogP contribution in [0.3, 0.4) is 0 Å². The minimum atomic E-state index is -0.439. The summed E-state index contributed by atoms with van der Waals surface area (Å²) in [6.07, 6.45) is 3.58. The minimum absolute atomic E-state index is 0.363. The molecule has 2 N–H and O–H groups in total. The van der Waals surface area contributed by atoms with Gasteiger partial charge in [0.25, 0.3) is 11.8 Å². The Morgan fingerprint density at radius 2 is 1.68 bits per heavy atom. The number of amides is 2. The van der Waals surface area contributed by atoms with Crippen molar-refractivity contribution in [3.63, 3.8) is 0 Å². The molecule has 3 rings (SSSR count). The van der Waals surface area contributed by atoms with Crippen molar-refractivity contribution in [3.8, 4) is 0 Å². The van der Waals surface area contributed by atoms with Gasteiger partial charge in [0.1, 0.15) is 0 Å². The summed E-state index contributed by atoms with van der Waals surface area (Å²) in [5.41, 5.74) is 6.57. The molecule has 0 radical (unpaired) electrons. The number of halogens is 1. The average molecular weight is 355 g/mol. The number of benzene rings is 2. The number of nitrogens with one attached hydrogen (secondary N) is 2. The first kappa shape index (κ1) is 16.7. The summed E-state index contributed by atoms with van der Waals surface area (Å²) in [4.78, 5) is 24.1. The molecule has 0 saturated heterocycles. The van der Waals surface area contributed by atoms with E-state index in [1.165, 1.54) is 6.07 Å². The predicted octanol–water partition coefficient (Wildman–Crippen LogP) is 2.66. The summed E-state index contributed by atoms with van der Waals surface area (Å²) >= 11 is 5.84. The Hall–Kier alpha value is -3.12. The van der Waals surface area contributed by atoms with Crippen LogP contribution in [0.15, 0.2) is 67.0 Å². The second-order valence-electron chi connectivity index (χ2n) is 5.32. The van der Waals surface area contributed by atoms with Crippen molar-refractivity contribution in [1.29, 1.82) is 0 Å². The Balaban J connectivity index is 1.57. The van der Waals surface area contributed by atoms with E-state index < -0.39 is 11.8 Å². The SMILES string of the molecule is O=C(NNC(=O)c1cccc(Cl)c1)c1ccc(Cn2cccn2)cc1. The van der Waals surface area contributed by atoms with E-state index in [4.69, 9.17) is 11.6 Å². The van der Waals surface area contributed by atoms with E-state index >= 15 is 0 Å². The zero-order valence-corrected chi connectivity index (χ0v) is 13.9. The van der Waals surface area contributed by atoms with Gasteiger partial charge in [0.15, 0.2) is 0 Å². The third-order valence-electron chi connectivity index (χ3n) is 3.50. The lowest BCUT2D eigenvalue weighted by Gasteiger charge is -2.08. The fourth-order valence-corrected chi connectivity index (χ4v) is 2.42. The van der Waals surface area contributed by atoms with E-state index in [9.17, 15) is 9.59 Å². The highest BCUT2D eigenvalue weighted by Gasteiger charge is 2.09. The van der Waals surface area contributed by atoms with E-state index in [-0.39, 0.29) is 0 Å². The van der Waals surface area contributed by atoms with Crippen molar-refractivity contribution in [2.24, 2.45) is 0 Å². The number of hydrazine groups is 1. The maximum Gasteiger partial charge on any atom is 0.269 e. The average Bonchev–Trinajstić information content (AvgIpc) is 3.13. The summed E-state index contributed by atoms with van der Waals surface area (Å²) in [6.45, 7) is 0.625. The van der Waals surface area contributed by atoms with Gasteiger partial charge in [0.2, 0.25) is 0 Å². The quantitative estimate of drug-likeness (QED) is 0.707. The van der Waals surface area contributed by atoms with Crippen molar-refractivity contribution in [1.82, 2.24) is 20.6 Å². The molecule has 1 heterocycles. The van der Waals surface area contributed by atoms with Crippen LogP contribution in [0, 0.1) is 0 Å². The van der Waals surface area contributed by atoms with Crippen LogP contribution in [-0.2, 0) is 6.54 Å². The molecule has 0 atom stereocenters. The number of nitrogens with zero attached hydrogens (tertiary/aromatic N) is 2. The first-order valence-corrected chi connectivity index (χ1v) is 7.92. The molecule has 0 aliphatic heterocycles. The largest absolute Gasteiger partial charge is 0.269 e. The van der Waals surface area contributed by atoms with E-state index in [0.29, 0.717) is 22.7 Å². The highest BCUT2D eigenvalue weighted by atomic mass is 35.5. The fourth-order valence-electron chi connectivity index (χ4n) is 2.23. The Morgan fingerprint density at radius 1 is 0.960 bits per heavy atom. The molecular weight excluding hydrogens is 340 g/mol. The van der Waals surface area contributed by atoms with Crippen LogP contribution in [-0.4, -0.2) is 21.6 Å². The van der Waals surface area contributed by atoms with Crippen LogP contribution >= 0.6 is 11.6 Å². The summed E-state index contributed by atoms with van der Waals surface area (Å²) in [7, 11) is 0. The van der Waals surface area contributed by atoms with Gasteiger partial charge in [-0.2, -0.15) is 5.10 Å². The maximum absolute atomic E-state index is 12.1. The first-order chi connectivity index (χ1) is 12.1. The highest BCUT2D eigenvalue weighted by Crippen LogP contribution is 2.10. The van der Waals surface area contributed by atoms with E-state index in [1.807, 2.05) is 24.4 Å². The Morgan fingerprint density at radius 3 is 2.32 bits per heavy atom. The summed E-state index contributed by atoms with van der Waals surface area (Å²) < 4.78 is 1.79. The van der Waals surface area contributed by atoms with E-state index in [0.717, 1.165) is 5.56 Å². The van der Waals surface area contributed by atoms with Crippen LogP contribution in [0.2, 0.25) is 5.02 Å².